The van der Waals surface area contributed by atoms with Gasteiger partial charge in [-0.2, -0.15) is 9.97 Å². The molecule has 0 amide bonds. The molecule has 17 aromatic carbocycles. The number of hydrogen-bond donors (Lipinski definition) is 0. The van der Waals surface area contributed by atoms with Crippen LogP contribution in [0.15, 0.2) is 474 Å². The second kappa shape index (κ2) is 32.1. The SMILES string of the molecule is c1ccc(-c2ccc(-n3c4ccccc4c4cc(-c5cccc6c5c5cccnc5n6-c5ccccc5)ccc43)cc2)cc1.c1ccc(-c2nc(-c3ccccc3)nc(-n3c4ccccc4c4cc(-c5cccc6c5c5cccnc5n6-c5ccccc5)ccc43)n2)cc1.c1ccc(-n2c3ccccc3c3cc(-c4cccc5c4c4ccncc4n5-c4ccccc4)ccc32)cc1. The molecule has 0 saturated heterocycles. The fraction of sp³-hybridized carbons (Fsp3) is 0. The summed E-state index contributed by atoms with van der Waals surface area (Å²) in [5, 5.41) is 14.4. The average molecular weight is 1690 g/mol. The lowest BCUT2D eigenvalue weighted by atomic mass is 9.98. The Bertz CT molecular complexity index is 9060. The third-order valence-electron chi connectivity index (χ3n) is 25.8. The summed E-state index contributed by atoms with van der Waals surface area (Å²) < 4.78 is 13.8. The van der Waals surface area contributed by atoms with Gasteiger partial charge in [-0.3, -0.25) is 18.7 Å². The van der Waals surface area contributed by atoms with E-state index >= 15 is 0 Å². The number of rotatable bonds is 12. The van der Waals surface area contributed by atoms with Crippen LogP contribution in [0.5, 0.6) is 0 Å². The fourth-order valence-corrected chi connectivity index (χ4v) is 20.1. The van der Waals surface area contributed by atoms with Gasteiger partial charge >= 0.3 is 0 Å². The first-order valence-electron chi connectivity index (χ1n) is 44.5. The molecule has 0 aliphatic heterocycles. The van der Waals surface area contributed by atoms with Gasteiger partial charge in [0.05, 0.1) is 61.4 Å². The maximum absolute atomic E-state index is 5.09. The van der Waals surface area contributed by atoms with Crippen LogP contribution in [-0.4, -0.2) is 57.3 Å². The van der Waals surface area contributed by atoms with Crippen molar-refractivity contribution >= 4 is 131 Å². The van der Waals surface area contributed by atoms with Gasteiger partial charge in [0.2, 0.25) is 5.95 Å². The van der Waals surface area contributed by atoms with E-state index in [9.17, 15) is 0 Å². The highest BCUT2D eigenvalue weighted by Crippen LogP contribution is 2.46. The minimum Gasteiger partial charge on any atom is -0.309 e. The zero-order chi connectivity index (χ0) is 87.1. The number of nitrogens with zero attached hydrogens (tertiary/aromatic N) is 12. The fourth-order valence-electron chi connectivity index (χ4n) is 20.1. The molecule has 0 N–H and O–H groups in total. The number of hydrogen-bond acceptors (Lipinski definition) is 6. The molecule has 10 heterocycles. The molecular weight excluding hydrogens is 1610 g/mol. The van der Waals surface area contributed by atoms with Gasteiger partial charge in [0.1, 0.15) is 11.3 Å². The van der Waals surface area contributed by atoms with Crippen LogP contribution in [0.3, 0.4) is 0 Å². The normalized spacial score (nSPS) is 11.6. The molecule has 12 heteroatoms. The van der Waals surface area contributed by atoms with Gasteiger partial charge in [-0.05, 0) is 208 Å². The molecule has 132 heavy (non-hydrogen) atoms. The summed E-state index contributed by atoms with van der Waals surface area (Å²) in [6.45, 7) is 0. The monoisotopic (exact) mass is 1690 g/mol. The smallest absolute Gasteiger partial charge is 0.238 e. The highest BCUT2D eigenvalue weighted by molar-refractivity contribution is 6.21. The lowest BCUT2D eigenvalue weighted by Gasteiger charge is -2.11. The predicted octanol–water partition coefficient (Wildman–Crippen LogP) is 30.0. The summed E-state index contributed by atoms with van der Waals surface area (Å²) in [5.41, 5.74) is 30.5. The number of para-hydroxylation sites is 7. The summed E-state index contributed by atoms with van der Waals surface area (Å²) in [6.07, 6.45) is 7.62. The van der Waals surface area contributed by atoms with Crippen molar-refractivity contribution in [3.63, 3.8) is 0 Å². The summed E-state index contributed by atoms with van der Waals surface area (Å²) in [6, 6.07) is 159. The average Bonchev–Trinajstić information content (AvgIpc) is 1.58. The van der Waals surface area contributed by atoms with Gasteiger partial charge in [0, 0.05) is 123 Å². The first-order chi connectivity index (χ1) is 65.5. The van der Waals surface area contributed by atoms with Gasteiger partial charge in [0.25, 0.3) is 0 Å². The molecule has 0 spiro atoms. The topological polar surface area (TPSA) is 107 Å². The molecule has 0 unspecified atom stereocenters. The Labute approximate surface area is 758 Å². The van der Waals surface area contributed by atoms with E-state index < -0.39 is 0 Å². The van der Waals surface area contributed by atoms with Crippen LogP contribution in [-0.2, 0) is 0 Å². The van der Waals surface area contributed by atoms with E-state index in [1.807, 2.05) is 104 Å². The Morgan fingerprint density at radius 2 is 0.470 bits per heavy atom. The Balaban J connectivity index is 0.000000107. The molecule has 0 aliphatic rings. The van der Waals surface area contributed by atoms with Crippen LogP contribution in [0.4, 0.5) is 0 Å². The minimum atomic E-state index is 0.579. The molecule has 0 atom stereocenters. The van der Waals surface area contributed by atoms with Crippen molar-refractivity contribution in [2.24, 2.45) is 0 Å². The zero-order valence-electron chi connectivity index (χ0n) is 71.4. The van der Waals surface area contributed by atoms with Gasteiger partial charge < -0.3 is 13.7 Å². The molecular formula is C120H78N12. The highest BCUT2D eigenvalue weighted by Gasteiger charge is 2.26. The van der Waals surface area contributed by atoms with Crippen LogP contribution in [0, 0.1) is 0 Å². The summed E-state index contributed by atoms with van der Waals surface area (Å²) in [5.74, 6) is 1.84. The quantitative estimate of drug-likeness (QED) is 0.121. The summed E-state index contributed by atoms with van der Waals surface area (Å²) in [4.78, 5) is 29.3. The molecule has 0 saturated carbocycles. The molecule has 0 bridgehead atoms. The van der Waals surface area contributed by atoms with Crippen molar-refractivity contribution in [3.05, 3.63) is 474 Å². The second-order valence-electron chi connectivity index (χ2n) is 33.3. The first kappa shape index (κ1) is 76.4. The van der Waals surface area contributed by atoms with E-state index in [1.54, 1.807) is 0 Å². The molecule has 0 fully saturated rings. The van der Waals surface area contributed by atoms with Crippen LogP contribution in [0.25, 0.3) is 233 Å². The predicted molar refractivity (Wildman–Crippen MR) is 545 cm³/mol. The van der Waals surface area contributed by atoms with Gasteiger partial charge in [0.15, 0.2) is 11.6 Å². The molecule has 27 aromatic rings. The van der Waals surface area contributed by atoms with Crippen molar-refractivity contribution in [2.75, 3.05) is 0 Å². The molecule has 12 nitrogen and oxygen atoms in total. The molecule has 0 radical (unpaired) electrons. The largest absolute Gasteiger partial charge is 0.309 e. The van der Waals surface area contributed by atoms with Crippen LogP contribution < -0.4 is 0 Å². The maximum Gasteiger partial charge on any atom is 0.238 e. The second-order valence-corrected chi connectivity index (χ2v) is 33.3. The Kier molecular flexibility index (Phi) is 18.6. The molecule has 618 valence electrons. The Morgan fingerprint density at radius 3 is 0.894 bits per heavy atom. The van der Waals surface area contributed by atoms with Gasteiger partial charge in [-0.1, -0.05) is 285 Å². The van der Waals surface area contributed by atoms with Gasteiger partial charge in [-0.15, -0.1) is 0 Å². The van der Waals surface area contributed by atoms with E-state index in [1.165, 1.54) is 110 Å². The third-order valence-corrected chi connectivity index (χ3v) is 25.8. The van der Waals surface area contributed by atoms with E-state index in [0.29, 0.717) is 17.6 Å². The third kappa shape index (κ3) is 12.9. The molecule has 0 aliphatic carbocycles. The van der Waals surface area contributed by atoms with Crippen molar-refractivity contribution in [3.8, 4) is 102 Å². The maximum atomic E-state index is 5.09. The lowest BCUT2D eigenvalue weighted by Crippen LogP contribution is -2.06. The van der Waals surface area contributed by atoms with E-state index in [-0.39, 0.29) is 0 Å². The number of pyridine rings is 3. The zero-order valence-corrected chi connectivity index (χ0v) is 71.4. The van der Waals surface area contributed by atoms with Crippen LogP contribution in [0.1, 0.15) is 0 Å². The van der Waals surface area contributed by atoms with Crippen molar-refractivity contribution < 1.29 is 0 Å². The molecule has 27 rings (SSSR count). The summed E-state index contributed by atoms with van der Waals surface area (Å²) >= 11 is 0. The minimum absolute atomic E-state index is 0.579. The van der Waals surface area contributed by atoms with E-state index in [2.05, 4.69) is 402 Å². The van der Waals surface area contributed by atoms with Crippen LogP contribution in [0.2, 0.25) is 0 Å². The van der Waals surface area contributed by atoms with Crippen molar-refractivity contribution in [1.82, 2.24) is 57.3 Å². The van der Waals surface area contributed by atoms with Crippen molar-refractivity contribution in [1.29, 1.82) is 0 Å². The number of benzene rings is 17. The highest BCUT2D eigenvalue weighted by atomic mass is 15.2. The van der Waals surface area contributed by atoms with Crippen molar-refractivity contribution in [2.45, 2.75) is 0 Å². The number of aromatic nitrogens is 12. The lowest BCUT2D eigenvalue weighted by molar-refractivity contribution is 0.953. The first-order valence-corrected chi connectivity index (χ1v) is 44.5. The Hall–Kier alpha value is -18.0. The van der Waals surface area contributed by atoms with E-state index in [0.717, 1.165) is 105 Å². The Morgan fingerprint density at radius 1 is 0.167 bits per heavy atom. The van der Waals surface area contributed by atoms with E-state index in [4.69, 9.17) is 24.9 Å². The van der Waals surface area contributed by atoms with Gasteiger partial charge in [-0.25, -0.2) is 15.0 Å². The number of fused-ring (bicyclic) bond motifs is 18. The molecule has 10 aromatic heterocycles. The summed E-state index contributed by atoms with van der Waals surface area (Å²) in [7, 11) is 0. The van der Waals surface area contributed by atoms with Crippen LogP contribution >= 0.6 is 0 Å². The standard InChI is InChI=1S/C44H28N6.C41H27N3.C35H23N3/c1-4-14-29(15-5-1)41-46-42(30-16-6-2-7-17-30)48-44(47-41)50-37-23-11-10-20-34(37)36-28-31(25-26-38(36)50)33-21-12-24-39-40(33)35-22-13-27-45-43(35)49(39)32-18-8-3-9-19-32;1-3-11-28(12-4-1)29-20-23-32(24-21-29)43-37-18-8-7-15-34(37)36-27-30(22-25-38(36)43)33-16-9-19-39-40(33)35-17-10-26-42-41(35)44(39)31-13-5-2-6-14-31;1-3-10-25(11-4-1)37-31-16-8-7-14-28(31)30-22-24(18-19-32(30)37)27-15-9-17-33-35(27)29-20-21-36-23-34(29)38(33)26-12-5-2-6-13-26/h1-28H;1-27H;1-23H.